The second-order valence-corrected chi connectivity index (χ2v) is 6.67. The van der Waals surface area contributed by atoms with Gasteiger partial charge in [-0.05, 0) is 19.4 Å². The van der Waals surface area contributed by atoms with Crippen molar-refractivity contribution in [3.05, 3.63) is 0 Å². The van der Waals surface area contributed by atoms with Crippen molar-refractivity contribution in [1.29, 1.82) is 0 Å². The summed E-state index contributed by atoms with van der Waals surface area (Å²) in [7, 11) is 0. The second-order valence-electron chi connectivity index (χ2n) is 6.67. The first-order chi connectivity index (χ1) is 10.9. The number of rotatable bonds is 19. The zero-order chi connectivity index (χ0) is 16.1. The molecule has 134 valence electrons. The summed E-state index contributed by atoms with van der Waals surface area (Å²) in [6.07, 6.45) is 23.4. The summed E-state index contributed by atoms with van der Waals surface area (Å²) >= 11 is 0. The van der Waals surface area contributed by atoms with E-state index in [0.717, 1.165) is 13.0 Å². The van der Waals surface area contributed by atoms with E-state index in [9.17, 15) is 0 Å². The first-order valence-corrected chi connectivity index (χ1v) is 9.93. The average Bonchev–Trinajstić information content (AvgIpc) is 2.54. The summed E-state index contributed by atoms with van der Waals surface area (Å²) in [5.41, 5.74) is 5.49. The zero-order valence-corrected chi connectivity index (χ0v) is 15.0. The molecule has 0 aliphatic rings. The van der Waals surface area contributed by atoms with E-state index >= 15 is 0 Å². The van der Waals surface area contributed by atoms with Crippen LogP contribution in [-0.2, 0) is 4.84 Å². The highest BCUT2D eigenvalue weighted by atomic mass is 16.6. The molecule has 0 aliphatic carbocycles. The zero-order valence-electron chi connectivity index (χ0n) is 15.0. The van der Waals surface area contributed by atoms with Crippen LogP contribution in [0.4, 0.5) is 0 Å². The van der Waals surface area contributed by atoms with Gasteiger partial charge < -0.3 is 10.6 Å². The Balaban J connectivity index is 2.91. The number of hydrogen-bond donors (Lipinski definition) is 2. The monoisotopic (exact) mass is 314 g/mol. The average molecular weight is 315 g/mol. The quantitative estimate of drug-likeness (QED) is 0.245. The Morgan fingerprint density at radius 1 is 0.409 bits per heavy atom. The third kappa shape index (κ3) is 19.9. The molecule has 0 atom stereocenters. The van der Waals surface area contributed by atoms with Crippen LogP contribution >= 0.6 is 0 Å². The maximum Gasteiger partial charge on any atom is 0.0679 e. The van der Waals surface area contributed by atoms with Crippen molar-refractivity contribution in [3.8, 4) is 0 Å². The molecule has 0 bridgehead atoms. The van der Waals surface area contributed by atoms with Crippen molar-refractivity contribution in [2.24, 2.45) is 11.6 Å². The molecule has 0 unspecified atom stereocenters. The van der Waals surface area contributed by atoms with Crippen molar-refractivity contribution in [1.82, 2.24) is 0 Å². The molecule has 0 radical (unpaired) electrons. The molecule has 0 fully saturated rings. The molecule has 0 aromatic carbocycles. The van der Waals surface area contributed by atoms with E-state index in [0.29, 0.717) is 6.61 Å². The van der Waals surface area contributed by atoms with E-state index in [-0.39, 0.29) is 0 Å². The van der Waals surface area contributed by atoms with E-state index in [1.807, 2.05) is 0 Å². The van der Waals surface area contributed by atoms with Gasteiger partial charge in [-0.1, -0.05) is 96.3 Å². The smallest absolute Gasteiger partial charge is 0.0679 e. The summed E-state index contributed by atoms with van der Waals surface area (Å²) in [6, 6.07) is 0. The Morgan fingerprint density at radius 3 is 0.955 bits per heavy atom. The Kier molecular flexibility index (Phi) is 20.8. The molecule has 0 rings (SSSR count). The van der Waals surface area contributed by atoms with Gasteiger partial charge in [0.1, 0.15) is 0 Å². The summed E-state index contributed by atoms with van der Waals surface area (Å²) in [5, 5.41) is 0. The van der Waals surface area contributed by atoms with E-state index in [1.165, 1.54) is 103 Å². The third-order valence-corrected chi connectivity index (χ3v) is 4.47. The molecule has 3 heteroatoms. The summed E-state index contributed by atoms with van der Waals surface area (Å²) in [6.45, 7) is 1.58. The largest absolute Gasteiger partial charge is 0.330 e. The van der Waals surface area contributed by atoms with Crippen molar-refractivity contribution >= 4 is 0 Å². The van der Waals surface area contributed by atoms with Crippen LogP contribution in [0.2, 0.25) is 0 Å². The van der Waals surface area contributed by atoms with Crippen molar-refractivity contribution in [3.63, 3.8) is 0 Å². The highest BCUT2D eigenvalue weighted by Crippen LogP contribution is 2.13. The van der Waals surface area contributed by atoms with Crippen LogP contribution < -0.4 is 11.6 Å². The van der Waals surface area contributed by atoms with Crippen LogP contribution in [0.1, 0.15) is 109 Å². The Bertz CT molecular complexity index is 168. The molecule has 0 amide bonds. The van der Waals surface area contributed by atoms with Gasteiger partial charge in [0, 0.05) is 0 Å². The topological polar surface area (TPSA) is 61.3 Å². The number of unbranched alkanes of at least 4 members (excludes halogenated alkanes) is 16. The van der Waals surface area contributed by atoms with Gasteiger partial charge in [-0.15, -0.1) is 0 Å². The molecule has 3 nitrogen and oxygen atoms in total. The van der Waals surface area contributed by atoms with Gasteiger partial charge in [-0.3, -0.25) is 0 Å². The fraction of sp³-hybridized carbons (Fsp3) is 1.00. The lowest BCUT2D eigenvalue weighted by Crippen LogP contribution is -2.00. The molecule has 4 N–H and O–H groups in total. The standard InChI is InChI=1S/C19H42N2O/c20-18-16-14-12-10-8-6-4-2-1-3-5-7-9-11-13-15-17-19-22-21/h1-21H2. The van der Waals surface area contributed by atoms with Gasteiger partial charge in [0.15, 0.2) is 0 Å². The second kappa shape index (κ2) is 20.9. The van der Waals surface area contributed by atoms with Crippen molar-refractivity contribution in [2.45, 2.75) is 109 Å². The van der Waals surface area contributed by atoms with Gasteiger partial charge in [0.2, 0.25) is 0 Å². The lowest BCUT2D eigenvalue weighted by molar-refractivity contribution is 0.133. The number of hydrogen-bond acceptors (Lipinski definition) is 3. The summed E-state index contributed by atoms with van der Waals surface area (Å²) in [4.78, 5) is 4.57. The third-order valence-electron chi connectivity index (χ3n) is 4.47. The molecule has 0 heterocycles. The van der Waals surface area contributed by atoms with Gasteiger partial charge in [0.05, 0.1) is 6.61 Å². The minimum Gasteiger partial charge on any atom is -0.330 e. The Morgan fingerprint density at radius 2 is 0.682 bits per heavy atom. The maximum atomic E-state index is 5.49. The van der Waals surface area contributed by atoms with E-state index < -0.39 is 0 Å². The fourth-order valence-corrected chi connectivity index (χ4v) is 2.98. The molecule has 0 saturated carbocycles. The van der Waals surface area contributed by atoms with E-state index in [4.69, 9.17) is 11.6 Å². The lowest BCUT2D eigenvalue weighted by Gasteiger charge is -2.03. The summed E-state index contributed by atoms with van der Waals surface area (Å²) in [5.74, 6) is 5.00. The summed E-state index contributed by atoms with van der Waals surface area (Å²) < 4.78 is 0. The van der Waals surface area contributed by atoms with Crippen LogP contribution in [0.15, 0.2) is 0 Å². The predicted octanol–water partition coefficient (Wildman–Crippen LogP) is 5.47. The molecule has 22 heavy (non-hydrogen) atoms. The van der Waals surface area contributed by atoms with Gasteiger partial charge >= 0.3 is 0 Å². The first kappa shape index (κ1) is 21.9. The van der Waals surface area contributed by atoms with Gasteiger partial charge in [-0.2, -0.15) is 0 Å². The number of nitrogens with two attached hydrogens (primary N) is 2. The molecule has 0 spiro atoms. The van der Waals surface area contributed by atoms with E-state index in [1.54, 1.807) is 0 Å². The fourth-order valence-electron chi connectivity index (χ4n) is 2.98. The SMILES string of the molecule is NCCCCCCCCCCCCCCCCCCCON. The molecule has 0 aromatic heterocycles. The van der Waals surface area contributed by atoms with Crippen LogP contribution in [0.5, 0.6) is 0 Å². The van der Waals surface area contributed by atoms with Crippen molar-refractivity contribution < 1.29 is 4.84 Å². The van der Waals surface area contributed by atoms with Gasteiger partial charge in [-0.25, -0.2) is 5.90 Å². The molecular formula is C19H42N2O. The molecule has 0 aromatic rings. The highest BCUT2D eigenvalue weighted by molar-refractivity contribution is 4.50. The molecule has 0 saturated heterocycles. The lowest BCUT2D eigenvalue weighted by atomic mass is 10.0. The minimum atomic E-state index is 0.716. The van der Waals surface area contributed by atoms with Gasteiger partial charge in [0.25, 0.3) is 0 Å². The van der Waals surface area contributed by atoms with Crippen LogP contribution in [0.25, 0.3) is 0 Å². The normalized spacial score (nSPS) is 11.2. The van der Waals surface area contributed by atoms with E-state index in [2.05, 4.69) is 4.84 Å². The van der Waals surface area contributed by atoms with Crippen molar-refractivity contribution in [2.75, 3.05) is 13.2 Å². The molecular weight excluding hydrogens is 272 g/mol. The van der Waals surface area contributed by atoms with Crippen LogP contribution in [0.3, 0.4) is 0 Å². The Labute approximate surface area is 139 Å². The van der Waals surface area contributed by atoms with Crippen LogP contribution in [0, 0.1) is 0 Å². The minimum absolute atomic E-state index is 0.716. The van der Waals surface area contributed by atoms with Crippen LogP contribution in [-0.4, -0.2) is 13.2 Å². The molecule has 0 aliphatic heterocycles. The predicted molar refractivity (Wildman–Crippen MR) is 97.7 cm³/mol. The first-order valence-electron chi connectivity index (χ1n) is 9.93. The Hall–Kier alpha value is -0.120. The maximum absolute atomic E-state index is 5.49. The highest BCUT2D eigenvalue weighted by Gasteiger charge is 1.94.